The van der Waals surface area contributed by atoms with Gasteiger partial charge >= 0.3 is 5.97 Å². The zero-order valence-corrected chi connectivity index (χ0v) is 10.0. The first-order chi connectivity index (χ1) is 8.22. The first-order valence-corrected chi connectivity index (χ1v) is 5.64. The minimum atomic E-state index is -0.293. The van der Waals surface area contributed by atoms with Crippen molar-refractivity contribution in [1.29, 1.82) is 0 Å². The van der Waals surface area contributed by atoms with Crippen molar-refractivity contribution in [2.75, 3.05) is 6.61 Å². The monoisotopic (exact) mass is 229 g/mol. The summed E-state index contributed by atoms with van der Waals surface area (Å²) in [5.74, 6) is -0.293. The first-order valence-electron chi connectivity index (χ1n) is 5.64. The standard InChI is InChI=1S/C14H15NO2/c1-3-17-14(16)13-8-5-9-15(13)12-7-4-6-11(2)10-12/h4-10H,3H2,1-2H3. The molecule has 0 unspecified atom stereocenters. The van der Waals surface area contributed by atoms with E-state index in [9.17, 15) is 4.79 Å². The Labute approximate surface area is 101 Å². The van der Waals surface area contributed by atoms with Crippen molar-refractivity contribution < 1.29 is 9.53 Å². The van der Waals surface area contributed by atoms with Crippen molar-refractivity contribution >= 4 is 5.97 Å². The van der Waals surface area contributed by atoms with Crippen LogP contribution < -0.4 is 0 Å². The molecule has 1 heterocycles. The van der Waals surface area contributed by atoms with Gasteiger partial charge in [-0.3, -0.25) is 0 Å². The Morgan fingerprint density at radius 3 is 2.82 bits per heavy atom. The van der Waals surface area contributed by atoms with Crippen LogP contribution in [0.25, 0.3) is 5.69 Å². The van der Waals surface area contributed by atoms with E-state index in [2.05, 4.69) is 0 Å². The third kappa shape index (κ3) is 2.38. The second-order valence-corrected chi connectivity index (χ2v) is 3.82. The quantitative estimate of drug-likeness (QED) is 0.758. The van der Waals surface area contributed by atoms with Gasteiger partial charge in [0.25, 0.3) is 0 Å². The SMILES string of the molecule is CCOC(=O)c1cccn1-c1cccc(C)c1. The van der Waals surface area contributed by atoms with Gasteiger partial charge in [0.1, 0.15) is 5.69 Å². The third-order valence-corrected chi connectivity index (χ3v) is 2.51. The molecular weight excluding hydrogens is 214 g/mol. The molecule has 3 nitrogen and oxygen atoms in total. The Balaban J connectivity index is 2.40. The van der Waals surface area contributed by atoms with Crippen LogP contribution >= 0.6 is 0 Å². The summed E-state index contributed by atoms with van der Waals surface area (Å²) in [6, 6.07) is 11.6. The maximum Gasteiger partial charge on any atom is 0.355 e. The van der Waals surface area contributed by atoms with E-state index < -0.39 is 0 Å². The van der Waals surface area contributed by atoms with Gasteiger partial charge in [-0.2, -0.15) is 0 Å². The van der Waals surface area contributed by atoms with E-state index in [1.807, 2.05) is 48.0 Å². The van der Waals surface area contributed by atoms with E-state index in [-0.39, 0.29) is 5.97 Å². The van der Waals surface area contributed by atoms with Crippen LogP contribution in [0.2, 0.25) is 0 Å². The number of aryl methyl sites for hydroxylation is 1. The van der Waals surface area contributed by atoms with Crippen LogP contribution in [0.15, 0.2) is 42.6 Å². The van der Waals surface area contributed by atoms with Crippen molar-refractivity contribution in [3.05, 3.63) is 53.9 Å². The fourth-order valence-corrected chi connectivity index (χ4v) is 1.76. The van der Waals surface area contributed by atoms with Crippen molar-refractivity contribution in [3.63, 3.8) is 0 Å². The zero-order valence-electron chi connectivity index (χ0n) is 10.0. The normalized spacial score (nSPS) is 10.2. The molecule has 88 valence electrons. The average Bonchev–Trinajstić information content (AvgIpc) is 2.78. The highest BCUT2D eigenvalue weighted by Crippen LogP contribution is 2.15. The van der Waals surface area contributed by atoms with Gasteiger partial charge in [-0.25, -0.2) is 4.79 Å². The molecule has 0 bridgehead atoms. The molecule has 0 N–H and O–H groups in total. The molecule has 2 aromatic rings. The van der Waals surface area contributed by atoms with Crippen LogP contribution in [0, 0.1) is 6.92 Å². The number of carbonyl (C=O) groups is 1. The van der Waals surface area contributed by atoms with E-state index >= 15 is 0 Å². The first kappa shape index (κ1) is 11.5. The minimum absolute atomic E-state index is 0.293. The average molecular weight is 229 g/mol. The van der Waals surface area contributed by atoms with Crippen LogP contribution in [0.1, 0.15) is 23.0 Å². The maximum absolute atomic E-state index is 11.7. The van der Waals surface area contributed by atoms with Crippen LogP contribution in [0.4, 0.5) is 0 Å². The van der Waals surface area contributed by atoms with Gasteiger partial charge in [-0.1, -0.05) is 12.1 Å². The summed E-state index contributed by atoms with van der Waals surface area (Å²) < 4.78 is 6.86. The number of aromatic nitrogens is 1. The highest BCUT2D eigenvalue weighted by atomic mass is 16.5. The molecule has 0 aliphatic heterocycles. The Hall–Kier alpha value is -2.03. The predicted molar refractivity (Wildman–Crippen MR) is 66.5 cm³/mol. The number of ether oxygens (including phenoxy) is 1. The Morgan fingerprint density at radius 2 is 2.12 bits per heavy atom. The molecule has 0 radical (unpaired) electrons. The van der Waals surface area contributed by atoms with E-state index in [4.69, 9.17) is 4.74 Å². The molecule has 0 fully saturated rings. The lowest BCUT2D eigenvalue weighted by Crippen LogP contribution is -2.10. The van der Waals surface area contributed by atoms with Crippen molar-refractivity contribution in [1.82, 2.24) is 4.57 Å². The number of hydrogen-bond acceptors (Lipinski definition) is 2. The Morgan fingerprint density at radius 1 is 1.29 bits per heavy atom. The molecular formula is C14H15NO2. The second-order valence-electron chi connectivity index (χ2n) is 3.82. The number of carbonyl (C=O) groups excluding carboxylic acids is 1. The number of benzene rings is 1. The summed E-state index contributed by atoms with van der Waals surface area (Å²) in [5.41, 5.74) is 2.68. The van der Waals surface area contributed by atoms with Gasteiger partial charge in [0.15, 0.2) is 0 Å². The summed E-state index contributed by atoms with van der Waals surface area (Å²) in [6.07, 6.45) is 1.86. The zero-order chi connectivity index (χ0) is 12.3. The van der Waals surface area contributed by atoms with Crippen LogP contribution in [0.5, 0.6) is 0 Å². The molecule has 0 saturated carbocycles. The largest absolute Gasteiger partial charge is 0.461 e. The van der Waals surface area contributed by atoms with Gasteiger partial charge in [0.05, 0.1) is 6.61 Å². The smallest absolute Gasteiger partial charge is 0.355 e. The van der Waals surface area contributed by atoms with E-state index in [1.165, 1.54) is 0 Å². The number of rotatable bonds is 3. The topological polar surface area (TPSA) is 31.2 Å². The molecule has 2 rings (SSSR count). The van der Waals surface area contributed by atoms with Gasteiger partial charge in [-0.05, 0) is 43.7 Å². The number of hydrogen-bond donors (Lipinski definition) is 0. The second kappa shape index (κ2) is 4.87. The van der Waals surface area contributed by atoms with Gasteiger partial charge in [-0.15, -0.1) is 0 Å². The Bertz CT molecular complexity index is 529. The van der Waals surface area contributed by atoms with Crippen molar-refractivity contribution in [2.24, 2.45) is 0 Å². The summed E-state index contributed by atoms with van der Waals surface area (Å²) in [5, 5.41) is 0. The van der Waals surface area contributed by atoms with Gasteiger partial charge in [0.2, 0.25) is 0 Å². The molecule has 3 heteroatoms. The molecule has 0 saturated heterocycles. The summed E-state index contributed by atoms with van der Waals surface area (Å²) >= 11 is 0. The molecule has 17 heavy (non-hydrogen) atoms. The van der Waals surface area contributed by atoms with Gasteiger partial charge < -0.3 is 9.30 Å². The summed E-state index contributed by atoms with van der Waals surface area (Å²) in [7, 11) is 0. The molecule has 0 spiro atoms. The third-order valence-electron chi connectivity index (χ3n) is 2.51. The predicted octanol–water partition coefficient (Wildman–Crippen LogP) is 2.96. The van der Waals surface area contributed by atoms with Crippen LogP contribution in [-0.2, 0) is 4.74 Å². The highest BCUT2D eigenvalue weighted by molar-refractivity contribution is 5.88. The summed E-state index contributed by atoms with van der Waals surface area (Å²) in [6.45, 7) is 4.21. The van der Waals surface area contributed by atoms with Crippen molar-refractivity contribution in [3.8, 4) is 5.69 Å². The van der Waals surface area contributed by atoms with E-state index in [1.54, 1.807) is 13.0 Å². The lowest BCUT2D eigenvalue weighted by Gasteiger charge is -2.09. The molecule has 0 aliphatic carbocycles. The lowest BCUT2D eigenvalue weighted by atomic mass is 10.2. The highest BCUT2D eigenvalue weighted by Gasteiger charge is 2.12. The Kier molecular flexibility index (Phi) is 3.28. The number of esters is 1. The lowest BCUT2D eigenvalue weighted by molar-refractivity contribution is 0.0517. The minimum Gasteiger partial charge on any atom is -0.461 e. The van der Waals surface area contributed by atoms with Crippen molar-refractivity contribution in [2.45, 2.75) is 13.8 Å². The number of nitrogens with zero attached hydrogens (tertiary/aromatic N) is 1. The molecule has 0 atom stereocenters. The summed E-state index contributed by atoms with van der Waals surface area (Å²) in [4.78, 5) is 11.7. The van der Waals surface area contributed by atoms with E-state index in [0.717, 1.165) is 11.3 Å². The van der Waals surface area contributed by atoms with Crippen LogP contribution in [0.3, 0.4) is 0 Å². The molecule has 1 aromatic heterocycles. The fraction of sp³-hybridized carbons (Fsp3) is 0.214. The van der Waals surface area contributed by atoms with E-state index in [0.29, 0.717) is 12.3 Å². The molecule has 1 aromatic carbocycles. The van der Waals surface area contributed by atoms with Gasteiger partial charge in [0, 0.05) is 11.9 Å². The molecule has 0 aliphatic rings. The maximum atomic E-state index is 11.7. The van der Waals surface area contributed by atoms with Crippen LogP contribution in [-0.4, -0.2) is 17.1 Å². The molecule has 0 amide bonds. The fourth-order valence-electron chi connectivity index (χ4n) is 1.76.